The molecule has 116 valence electrons. The van der Waals surface area contributed by atoms with E-state index in [1.54, 1.807) is 0 Å². The summed E-state index contributed by atoms with van der Waals surface area (Å²) in [6, 6.07) is 3.93. The molecule has 3 rings (SSSR count). The van der Waals surface area contributed by atoms with Gasteiger partial charge < -0.3 is 14.7 Å². The van der Waals surface area contributed by atoms with E-state index in [1.165, 1.54) is 12.8 Å². The van der Waals surface area contributed by atoms with Crippen LogP contribution in [0.4, 0.5) is 5.82 Å². The van der Waals surface area contributed by atoms with Gasteiger partial charge in [0.15, 0.2) is 11.6 Å². The zero-order valence-corrected chi connectivity index (χ0v) is 12.9. The monoisotopic (exact) mass is 290 g/mol. The van der Waals surface area contributed by atoms with Gasteiger partial charge in [-0.25, -0.2) is 4.98 Å². The maximum atomic E-state index is 10.8. The van der Waals surface area contributed by atoms with E-state index in [9.17, 15) is 5.11 Å². The molecule has 0 radical (unpaired) electrons. The highest BCUT2D eigenvalue weighted by atomic mass is 16.5. The second-order valence-electron chi connectivity index (χ2n) is 6.42. The van der Waals surface area contributed by atoms with Crippen molar-refractivity contribution in [2.75, 3.05) is 24.6 Å². The number of nitrogens with zero attached hydrogens (tertiary/aromatic N) is 2. The molecule has 1 aliphatic heterocycles. The van der Waals surface area contributed by atoms with Gasteiger partial charge in [-0.05, 0) is 37.8 Å². The number of anilines is 1. The number of rotatable bonds is 4. The largest absolute Gasteiger partial charge is 0.490 e. The highest BCUT2D eigenvalue weighted by Crippen LogP contribution is 2.41. The fourth-order valence-corrected chi connectivity index (χ4v) is 3.71. The molecule has 1 aromatic rings. The summed E-state index contributed by atoms with van der Waals surface area (Å²) in [5, 5.41) is 10.8. The Kier molecular flexibility index (Phi) is 4.34. The smallest absolute Gasteiger partial charge is 0.171 e. The molecule has 2 fully saturated rings. The summed E-state index contributed by atoms with van der Waals surface area (Å²) in [7, 11) is 0. The minimum Gasteiger partial charge on any atom is -0.490 e. The molecule has 4 heteroatoms. The molecule has 0 spiro atoms. The van der Waals surface area contributed by atoms with Crippen molar-refractivity contribution in [1.29, 1.82) is 0 Å². The molecule has 2 unspecified atom stereocenters. The van der Waals surface area contributed by atoms with Crippen molar-refractivity contribution < 1.29 is 9.84 Å². The number of piperidine rings is 1. The Hall–Kier alpha value is -1.29. The van der Waals surface area contributed by atoms with Crippen LogP contribution in [0.2, 0.25) is 0 Å². The second-order valence-corrected chi connectivity index (χ2v) is 6.42. The third-order valence-corrected chi connectivity index (χ3v) is 4.94. The maximum Gasteiger partial charge on any atom is 0.171 e. The fraction of sp³-hybridized carbons (Fsp3) is 0.706. The summed E-state index contributed by atoms with van der Waals surface area (Å²) in [6.07, 6.45) is 8.18. The normalized spacial score (nSPS) is 29.0. The van der Waals surface area contributed by atoms with E-state index in [0.717, 1.165) is 56.9 Å². The third kappa shape index (κ3) is 3.00. The molecule has 2 heterocycles. The molecule has 1 aliphatic carbocycles. The zero-order chi connectivity index (χ0) is 14.7. The van der Waals surface area contributed by atoms with Crippen LogP contribution in [0.3, 0.4) is 0 Å². The van der Waals surface area contributed by atoms with Gasteiger partial charge in [-0.1, -0.05) is 19.8 Å². The molecule has 0 amide bonds. The van der Waals surface area contributed by atoms with E-state index in [-0.39, 0.29) is 0 Å². The van der Waals surface area contributed by atoms with Crippen LogP contribution < -0.4 is 9.64 Å². The van der Waals surface area contributed by atoms with Crippen molar-refractivity contribution in [2.24, 2.45) is 5.92 Å². The minimum absolute atomic E-state index is 0.376. The number of aromatic nitrogens is 1. The van der Waals surface area contributed by atoms with Gasteiger partial charge in [-0.2, -0.15) is 0 Å². The number of aliphatic hydroxyl groups is 1. The summed E-state index contributed by atoms with van der Waals surface area (Å²) >= 11 is 0. The topological polar surface area (TPSA) is 45.6 Å². The lowest BCUT2D eigenvalue weighted by Gasteiger charge is -2.47. The van der Waals surface area contributed by atoms with Crippen molar-refractivity contribution in [3.05, 3.63) is 18.3 Å². The highest BCUT2D eigenvalue weighted by Gasteiger charge is 2.43. The quantitative estimate of drug-likeness (QED) is 0.926. The van der Waals surface area contributed by atoms with Crippen LogP contribution in [0.1, 0.15) is 45.4 Å². The van der Waals surface area contributed by atoms with Crippen molar-refractivity contribution in [3.8, 4) is 5.75 Å². The van der Waals surface area contributed by atoms with Crippen LogP contribution >= 0.6 is 0 Å². The predicted octanol–water partition coefficient (Wildman–Crippen LogP) is 3.00. The van der Waals surface area contributed by atoms with Gasteiger partial charge in [-0.3, -0.25) is 0 Å². The average molecular weight is 290 g/mol. The number of hydrogen-bond acceptors (Lipinski definition) is 4. The van der Waals surface area contributed by atoms with Crippen LogP contribution in [0.25, 0.3) is 0 Å². The Morgan fingerprint density at radius 2 is 2.33 bits per heavy atom. The second kappa shape index (κ2) is 6.22. The van der Waals surface area contributed by atoms with Crippen molar-refractivity contribution >= 4 is 5.82 Å². The Labute approximate surface area is 127 Å². The van der Waals surface area contributed by atoms with E-state index in [0.29, 0.717) is 5.92 Å². The van der Waals surface area contributed by atoms with Gasteiger partial charge in [0.1, 0.15) is 0 Å². The third-order valence-electron chi connectivity index (χ3n) is 4.94. The van der Waals surface area contributed by atoms with Gasteiger partial charge >= 0.3 is 0 Å². The number of hydrogen-bond donors (Lipinski definition) is 1. The molecule has 1 N–H and O–H groups in total. The Morgan fingerprint density at radius 3 is 3.19 bits per heavy atom. The van der Waals surface area contributed by atoms with E-state index < -0.39 is 5.60 Å². The maximum absolute atomic E-state index is 10.8. The van der Waals surface area contributed by atoms with Crippen LogP contribution in [0.5, 0.6) is 5.75 Å². The van der Waals surface area contributed by atoms with Gasteiger partial charge in [-0.15, -0.1) is 0 Å². The van der Waals surface area contributed by atoms with E-state index in [2.05, 4.69) is 16.8 Å². The standard InChI is InChI=1S/C17H26N2O2/c1-2-12-21-15-7-5-10-18-16(15)19-11-9-17(20)8-4-3-6-14(17)13-19/h5,7,10,14,20H,2-4,6,8-9,11-13H2,1H3. The minimum atomic E-state index is -0.437. The van der Waals surface area contributed by atoms with E-state index in [1.807, 2.05) is 18.3 Å². The summed E-state index contributed by atoms with van der Waals surface area (Å²) in [5.41, 5.74) is -0.437. The Balaban J connectivity index is 1.76. The first kappa shape index (κ1) is 14.6. The lowest BCUT2D eigenvalue weighted by Crippen LogP contribution is -2.53. The first-order chi connectivity index (χ1) is 10.2. The van der Waals surface area contributed by atoms with E-state index >= 15 is 0 Å². The number of pyridine rings is 1. The van der Waals surface area contributed by atoms with Crippen LogP contribution in [0.15, 0.2) is 18.3 Å². The summed E-state index contributed by atoms with van der Waals surface area (Å²) < 4.78 is 5.83. The molecule has 1 saturated heterocycles. The summed E-state index contributed by atoms with van der Waals surface area (Å²) in [6.45, 7) is 4.60. The molecule has 21 heavy (non-hydrogen) atoms. The average Bonchev–Trinajstić information content (AvgIpc) is 2.52. The molecule has 1 aromatic heterocycles. The Morgan fingerprint density at radius 1 is 1.43 bits per heavy atom. The lowest BCUT2D eigenvalue weighted by atomic mass is 9.71. The fourth-order valence-electron chi connectivity index (χ4n) is 3.71. The summed E-state index contributed by atoms with van der Waals surface area (Å²) in [4.78, 5) is 6.84. The van der Waals surface area contributed by atoms with Crippen LogP contribution in [-0.2, 0) is 0 Å². The van der Waals surface area contributed by atoms with Gasteiger partial charge in [0.25, 0.3) is 0 Å². The molecule has 2 atom stereocenters. The highest BCUT2D eigenvalue weighted by molar-refractivity contribution is 5.52. The molecular weight excluding hydrogens is 264 g/mol. The van der Waals surface area contributed by atoms with E-state index in [4.69, 9.17) is 4.74 Å². The lowest BCUT2D eigenvalue weighted by molar-refractivity contribution is -0.0614. The SMILES string of the molecule is CCCOc1cccnc1N1CCC2(O)CCCCC2C1. The zero-order valence-electron chi connectivity index (χ0n) is 12.9. The molecule has 0 bridgehead atoms. The Bertz CT molecular complexity index is 480. The van der Waals surface area contributed by atoms with Gasteiger partial charge in [0.05, 0.1) is 12.2 Å². The first-order valence-electron chi connectivity index (χ1n) is 8.28. The van der Waals surface area contributed by atoms with Crippen molar-refractivity contribution in [2.45, 2.75) is 51.0 Å². The first-order valence-corrected chi connectivity index (χ1v) is 8.28. The summed E-state index contributed by atoms with van der Waals surface area (Å²) in [5.74, 6) is 2.19. The van der Waals surface area contributed by atoms with Gasteiger partial charge in [0.2, 0.25) is 0 Å². The van der Waals surface area contributed by atoms with Crippen molar-refractivity contribution in [1.82, 2.24) is 4.98 Å². The molecular formula is C17H26N2O2. The molecule has 4 nitrogen and oxygen atoms in total. The molecule has 0 aromatic carbocycles. The number of fused-ring (bicyclic) bond motifs is 1. The van der Waals surface area contributed by atoms with Crippen molar-refractivity contribution in [3.63, 3.8) is 0 Å². The van der Waals surface area contributed by atoms with Gasteiger partial charge in [0, 0.05) is 25.2 Å². The van der Waals surface area contributed by atoms with Crippen LogP contribution in [-0.4, -0.2) is 35.4 Å². The molecule has 2 aliphatic rings. The number of ether oxygens (including phenoxy) is 1. The molecule has 1 saturated carbocycles. The van der Waals surface area contributed by atoms with Crippen LogP contribution in [0, 0.1) is 5.92 Å². The predicted molar refractivity (Wildman–Crippen MR) is 83.8 cm³/mol.